The number of anilines is 3. The fourth-order valence-electron chi connectivity index (χ4n) is 17.3. The molecule has 7 rings (SSSR count). The third-order valence-corrected chi connectivity index (χ3v) is 27.7. The second kappa shape index (κ2) is 51.7. The summed E-state index contributed by atoms with van der Waals surface area (Å²) in [5, 5.41) is 31.5. The molecule has 0 atom stereocenters. The van der Waals surface area contributed by atoms with Gasteiger partial charge in [0, 0.05) is 36.1 Å². The predicted molar refractivity (Wildman–Crippen MR) is 453 cm³/mol. The van der Waals surface area contributed by atoms with Gasteiger partial charge in [0.15, 0.2) is 0 Å². The second-order valence-corrected chi connectivity index (χ2v) is 36.1. The lowest BCUT2D eigenvalue weighted by molar-refractivity contribution is -0.109. The number of benzene rings is 4. The van der Waals surface area contributed by atoms with E-state index >= 15 is 4.79 Å². The number of hydrogen-bond acceptors (Lipinski definition) is 5. The van der Waals surface area contributed by atoms with Crippen LogP contribution in [0.25, 0.3) is 32.7 Å². The molecule has 0 unspecified atom stereocenters. The highest BCUT2D eigenvalue weighted by molar-refractivity contribution is 14.2. The number of aliphatic hydroxyl groups excluding tert-OH is 1. The Morgan fingerprint density at radius 1 is 0.310 bits per heavy atom. The lowest BCUT2D eigenvalue weighted by Gasteiger charge is -2.43. The maximum Gasteiger partial charge on any atom is 0.201 e. The normalized spacial score (nSPS) is 15.1. The number of rotatable bonds is 65. The molecule has 4 aromatic rings. The highest BCUT2D eigenvalue weighted by Gasteiger charge is 2.41. The molecule has 6 heteroatoms. The molecule has 4 N–H and O–H groups in total. The van der Waals surface area contributed by atoms with Gasteiger partial charge in [0.2, 0.25) is 5.78 Å². The summed E-state index contributed by atoms with van der Waals surface area (Å²) in [6.07, 6.45) is 86.8. The molecule has 0 amide bonds. The van der Waals surface area contributed by atoms with Crippen LogP contribution < -0.4 is 21.2 Å². The SMILES string of the molecule is CCCCCCCCCCCCCCCCCC1(CCCCCCCCCCCCCCCCC)Nc2cccc3ccc(C4=C(O)/C(=c5/ccc6cccc7c6c5=IC(CCCCCCCCCCCCCCCCC)(CCCCCCCCCCCCCCCCC)N7)C4=O)c(c23)N1. The van der Waals surface area contributed by atoms with E-state index in [9.17, 15) is 5.11 Å². The molecule has 2 aliphatic heterocycles. The van der Waals surface area contributed by atoms with Crippen molar-refractivity contribution in [3.05, 3.63) is 80.4 Å². The maximum absolute atomic E-state index is 15.5. The Kier molecular flexibility index (Phi) is 43.4. The van der Waals surface area contributed by atoms with Crippen LogP contribution in [0.15, 0.2) is 66.4 Å². The number of carbonyl (C=O) groups is 1. The zero-order chi connectivity index (χ0) is 70.2. The number of alkyl halides is 1. The number of unbranched alkanes of at least 4 members (excludes halogenated alkanes) is 56. The summed E-state index contributed by atoms with van der Waals surface area (Å²) >= 11 is -0.593. The van der Waals surface area contributed by atoms with Crippen LogP contribution in [0.3, 0.4) is 0 Å². The summed E-state index contributed by atoms with van der Waals surface area (Å²) in [5.41, 5.74) is 5.01. The minimum absolute atomic E-state index is 0.00683. The summed E-state index contributed by atoms with van der Waals surface area (Å²) in [6.45, 7) is 9.26. The Hall–Kier alpha value is -3.39. The molecule has 0 spiro atoms. The van der Waals surface area contributed by atoms with Crippen LogP contribution in [-0.2, 0) is 4.79 Å². The lowest BCUT2D eigenvalue weighted by atomic mass is 9.79. The molecule has 0 saturated heterocycles. The van der Waals surface area contributed by atoms with Gasteiger partial charge in [-0.3, -0.25) is 4.79 Å². The molecular weight excluding hydrogens is 1330 g/mol. The maximum atomic E-state index is 15.5. The summed E-state index contributed by atoms with van der Waals surface area (Å²) in [6, 6.07) is 22.3. The third kappa shape index (κ3) is 29.9. The Balaban J connectivity index is 1.05. The van der Waals surface area contributed by atoms with E-state index in [4.69, 9.17) is 0 Å². The average Bonchev–Trinajstić information content (AvgIpc) is 0.713. The zero-order valence-electron chi connectivity index (χ0n) is 65.8. The van der Waals surface area contributed by atoms with Gasteiger partial charge in [-0.15, -0.1) is 0 Å². The largest absolute Gasteiger partial charge is 0.506 e. The fourth-order valence-corrected chi connectivity index (χ4v) is 21.7. The summed E-state index contributed by atoms with van der Waals surface area (Å²) in [7, 11) is 0. The molecule has 0 saturated carbocycles. The standard InChI is InChI=1S/C94H154IN3O2/c1-5-9-13-17-21-25-29-33-37-41-45-49-53-57-61-75-93(76-62-58-54-50-46-42-38-34-30-26-22-18-14-10-6-2)95-89-81(73-71-79-67-65-69-83(96-93)85(79)89)87-91(99)88(92(87)100)82-74-72-80-68-66-70-84-86(80)90(82)98-94(97-84,77-63-59-55-51-47-43-39-35-31-27-23-19-15-11-7-3)78-64-60-56-52-48-44-40-36-32-28-24-20-16-12-8-4/h65-74,96-99H,5-64,75-78H2,1-4H3/b87-81+. The lowest BCUT2D eigenvalue weighted by Crippen LogP contribution is -2.48. The molecular formula is C94H154IN3O2. The van der Waals surface area contributed by atoms with E-state index in [2.05, 4.69) is 104 Å². The fraction of sp³-hybridized carbons (Fsp3) is 0.745. The molecule has 0 bridgehead atoms. The van der Waals surface area contributed by atoms with Crippen molar-refractivity contribution in [3.8, 4) is 0 Å². The average molecular weight is 1490 g/mol. The van der Waals surface area contributed by atoms with Crippen LogP contribution in [0, 0.1) is 3.15 Å². The van der Waals surface area contributed by atoms with Gasteiger partial charge in [-0.25, -0.2) is 0 Å². The Morgan fingerprint density at radius 3 is 0.950 bits per heavy atom. The topological polar surface area (TPSA) is 73.4 Å². The Morgan fingerprint density at radius 2 is 0.610 bits per heavy atom. The summed E-state index contributed by atoms with van der Waals surface area (Å²) in [4.78, 5) is 15.5. The van der Waals surface area contributed by atoms with Gasteiger partial charge in [0.25, 0.3) is 0 Å². The molecule has 1 aliphatic carbocycles. The van der Waals surface area contributed by atoms with Crippen molar-refractivity contribution in [1.29, 1.82) is 0 Å². The van der Waals surface area contributed by atoms with Crippen molar-refractivity contribution in [2.45, 2.75) is 448 Å². The molecule has 0 aromatic heterocycles. The molecule has 5 nitrogen and oxygen atoms in total. The highest BCUT2D eigenvalue weighted by Crippen LogP contribution is 2.50. The zero-order valence-corrected chi connectivity index (χ0v) is 67.9. The Bertz CT molecular complexity index is 2930. The van der Waals surface area contributed by atoms with Crippen molar-refractivity contribution in [2.24, 2.45) is 0 Å². The van der Waals surface area contributed by atoms with Crippen LogP contribution in [0.4, 0.5) is 17.1 Å². The van der Waals surface area contributed by atoms with Gasteiger partial charge >= 0.3 is 0 Å². The van der Waals surface area contributed by atoms with Crippen LogP contribution in [0.5, 0.6) is 0 Å². The number of allylic oxidation sites excluding steroid dienone is 2. The van der Waals surface area contributed by atoms with E-state index < -0.39 is 20.7 Å². The first-order valence-corrected chi connectivity index (χ1v) is 46.5. The number of carbonyl (C=O) groups excluding carboxylic acids is 1. The van der Waals surface area contributed by atoms with E-state index in [1.54, 1.807) is 0 Å². The van der Waals surface area contributed by atoms with Crippen LogP contribution in [-0.4, -0.2) is 20.1 Å². The van der Waals surface area contributed by atoms with Crippen molar-refractivity contribution in [1.82, 2.24) is 0 Å². The minimum Gasteiger partial charge on any atom is -0.506 e. The number of nitrogens with one attached hydrogen (secondary N) is 3. The van der Waals surface area contributed by atoms with Gasteiger partial charge in [-0.2, -0.15) is 0 Å². The van der Waals surface area contributed by atoms with E-state index in [0.29, 0.717) is 11.1 Å². The predicted octanol–water partition coefficient (Wildman–Crippen LogP) is 31.6. The summed E-state index contributed by atoms with van der Waals surface area (Å²) < 4.78 is 1.38. The number of aliphatic hydroxyl groups is 1. The van der Waals surface area contributed by atoms with E-state index in [0.717, 1.165) is 40.4 Å². The van der Waals surface area contributed by atoms with E-state index in [1.807, 2.05) is 0 Å². The molecule has 564 valence electrons. The second-order valence-electron chi connectivity index (χ2n) is 32.5. The van der Waals surface area contributed by atoms with Crippen LogP contribution >= 0.6 is 20.7 Å². The smallest absolute Gasteiger partial charge is 0.201 e. The van der Waals surface area contributed by atoms with Crippen molar-refractivity contribution in [3.63, 3.8) is 0 Å². The first-order chi connectivity index (χ1) is 49.4. The molecule has 100 heavy (non-hydrogen) atoms. The number of hydrogen-bond donors (Lipinski definition) is 4. The first kappa shape index (κ1) is 83.9. The van der Waals surface area contributed by atoms with Gasteiger partial charge in [-0.1, -0.05) is 469 Å². The number of ketones is 1. The third-order valence-electron chi connectivity index (χ3n) is 23.6. The van der Waals surface area contributed by atoms with E-state index in [-0.39, 0.29) is 20.8 Å². The van der Waals surface area contributed by atoms with Gasteiger partial charge in [-0.05, 0) is 61.4 Å². The molecule has 0 fully saturated rings. The number of Topliss-reactive ketones (excluding diaryl/α,β-unsaturated/α-hetero) is 1. The molecule has 3 aliphatic rings. The van der Waals surface area contributed by atoms with Crippen molar-refractivity contribution < 1.29 is 9.90 Å². The molecule has 4 aromatic carbocycles. The monoisotopic (exact) mass is 1480 g/mol. The summed E-state index contributed by atoms with van der Waals surface area (Å²) in [5.74, 6) is 0.201. The van der Waals surface area contributed by atoms with Gasteiger partial charge in [0.05, 0.1) is 20.4 Å². The van der Waals surface area contributed by atoms with E-state index in [1.165, 1.54) is 423 Å². The quantitative estimate of drug-likeness (QED) is 0.0153. The van der Waals surface area contributed by atoms with Gasteiger partial charge in [0.1, 0.15) is 11.4 Å². The highest BCUT2D eigenvalue weighted by atomic mass is 127. The van der Waals surface area contributed by atoms with Crippen molar-refractivity contribution in [2.75, 3.05) is 16.0 Å². The minimum atomic E-state index is -0.593. The van der Waals surface area contributed by atoms with Crippen LogP contribution in [0.1, 0.15) is 444 Å². The molecule has 0 radical (unpaired) electrons. The van der Waals surface area contributed by atoms with Gasteiger partial charge < -0.3 is 21.1 Å². The first-order valence-electron chi connectivity index (χ1n) is 44.4. The van der Waals surface area contributed by atoms with Crippen molar-refractivity contribution >= 4 is 76.3 Å². The van der Waals surface area contributed by atoms with Crippen LogP contribution in [0.2, 0.25) is 0 Å². The Labute approximate surface area is 626 Å². The molecule has 2 heterocycles. The number of halogens is 1.